The Hall–Kier alpha value is -2.30. The average molecular weight is 471 g/mol. The Balaban J connectivity index is 0.000000999. The largest absolute Gasteiger partial charge is 0.333 e. The highest BCUT2D eigenvalue weighted by molar-refractivity contribution is 5.94. The highest BCUT2D eigenvalue weighted by Gasteiger charge is 2.34. The fourth-order valence-corrected chi connectivity index (χ4v) is 4.58. The maximum Gasteiger partial charge on any atom is 0.254 e. The van der Waals surface area contributed by atoms with Crippen molar-refractivity contribution in [3.05, 3.63) is 65.5 Å². The predicted molar refractivity (Wildman–Crippen MR) is 134 cm³/mol. The van der Waals surface area contributed by atoms with E-state index in [1.165, 1.54) is 26.2 Å². The third-order valence-corrected chi connectivity index (χ3v) is 7.22. The molecule has 4 unspecified atom stereocenters. The van der Waals surface area contributed by atoms with Crippen LogP contribution in [-0.2, 0) is 0 Å². The summed E-state index contributed by atoms with van der Waals surface area (Å²) in [4.78, 5) is 20.1. The molecule has 0 spiro atoms. The van der Waals surface area contributed by atoms with E-state index in [0.29, 0.717) is 17.0 Å². The van der Waals surface area contributed by atoms with Gasteiger partial charge in [-0.05, 0) is 69.4 Å². The Morgan fingerprint density at radius 2 is 1.74 bits per heavy atom. The molecule has 2 saturated carbocycles. The Bertz CT molecular complexity index is 890. The van der Waals surface area contributed by atoms with Gasteiger partial charge in [-0.3, -0.25) is 9.78 Å². The molecule has 2 aliphatic rings. The van der Waals surface area contributed by atoms with E-state index in [1.807, 2.05) is 23.2 Å². The molecule has 5 heteroatoms. The summed E-state index contributed by atoms with van der Waals surface area (Å²) in [6.45, 7) is 6.64. The summed E-state index contributed by atoms with van der Waals surface area (Å²) in [5, 5.41) is 0. The lowest BCUT2D eigenvalue weighted by Gasteiger charge is -2.41. The lowest BCUT2D eigenvalue weighted by Crippen LogP contribution is -2.47. The minimum Gasteiger partial charge on any atom is -0.333 e. The van der Waals surface area contributed by atoms with Gasteiger partial charge in [-0.15, -0.1) is 0 Å². The van der Waals surface area contributed by atoms with E-state index in [4.69, 9.17) is 0 Å². The van der Waals surface area contributed by atoms with E-state index in [0.717, 1.165) is 44.7 Å². The fourth-order valence-electron chi connectivity index (χ4n) is 4.58. The fraction of sp³-hybridized carbons (Fsp3) is 0.586. The van der Waals surface area contributed by atoms with Crippen LogP contribution >= 0.6 is 0 Å². The van der Waals surface area contributed by atoms with Gasteiger partial charge in [0.15, 0.2) is 0 Å². The lowest BCUT2D eigenvalue weighted by molar-refractivity contribution is -0.00222. The zero-order valence-electron chi connectivity index (χ0n) is 21.1. The molecule has 0 aliphatic heterocycles. The Morgan fingerprint density at radius 1 is 1.06 bits per heavy atom. The summed E-state index contributed by atoms with van der Waals surface area (Å²) in [6.07, 6.45) is 11.2. The molecule has 4 rings (SSSR count). The van der Waals surface area contributed by atoms with Gasteiger partial charge in [-0.1, -0.05) is 57.7 Å². The quantitative estimate of drug-likeness (QED) is 0.411. The smallest absolute Gasteiger partial charge is 0.254 e. The van der Waals surface area contributed by atoms with Crippen LogP contribution in [0.2, 0.25) is 0 Å². The molecule has 1 amide bonds. The zero-order valence-corrected chi connectivity index (χ0v) is 21.1. The molecule has 0 saturated heterocycles. The minimum atomic E-state index is -2.79. The van der Waals surface area contributed by atoms with E-state index in [9.17, 15) is 13.6 Å². The molecule has 4 atom stereocenters. The van der Waals surface area contributed by atoms with E-state index in [2.05, 4.69) is 24.9 Å². The highest BCUT2D eigenvalue weighted by Crippen LogP contribution is 2.36. The number of halogens is 2. The molecule has 1 aromatic heterocycles. The number of alkyl halides is 2. The molecule has 2 aliphatic carbocycles. The molecule has 2 aromatic rings. The number of benzene rings is 1. The lowest BCUT2D eigenvalue weighted by atomic mass is 9.82. The van der Waals surface area contributed by atoms with Gasteiger partial charge in [0.25, 0.3) is 11.8 Å². The van der Waals surface area contributed by atoms with Crippen molar-refractivity contribution in [3.63, 3.8) is 0 Å². The maximum absolute atomic E-state index is 13.7. The minimum absolute atomic E-state index is 0.0107. The standard InChI is InChI=1S/C26H34F2N2O.C3H6/c1-5-18(2)30(23-10-8-9-22(17-23)24-11-6-7-16-29-24)25(31)21-14-12-20(13-15-21)19(3)26(4,27)28;1-2-3-1/h6-7,11-16,18-19,22-23H,5,8-10,17H2,1-4H3;1-3H2. The van der Waals surface area contributed by atoms with Crippen molar-refractivity contribution in [1.29, 1.82) is 0 Å². The number of rotatable bonds is 7. The van der Waals surface area contributed by atoms with Crippen LogP contribution in [0.25, 0.3) is 0 Å². The molecule has 1 aromatic carbocycles. The van der Waals surface area contributed by atoms with Gasteiger partial charge in [-0.2, -0.15) is 0 Å². The molecule has 34 heavy (non-hydrogen) atoms. The van der Waals surface area contributed by atoms with Crippen molar-refractivity contribution in [1.82, 2.24) is 9.88 Å². The average Bonchev–Trinajstić information content (AvgIpc) is 3.73. The van der Waals surface area contributed by atoms with Crippen molar-refractivity contribution >= 4 is 5.91 Å². The molecule has 3 nitrogen and oxygen atoms in total. The SMILES string of the molecule is C1CC1.CCC(C)N(C(=O)c1ccc(C(C)C(C)(F)F)cc1)C1CCCC(c2ccccn2)C1. The predicted octanol–water partition coefficient (Wildman–Crippen LogP) is 7.98. The Kier molecular flexibility index (Phi) is 9.21. The number of carbonyl (C=O) groups excluding carboxylic acids is 1. The summed E-state index contributed by atoms with van der Waals surface area (Å²) >= 11 is 0. The monoisotopic (exact) mass is 470 g/mol. The molecule has 0 bridgehead atoms. The van der Waals surface area contributed by atoms with Crippen molar-refractivity contribution in [2.24, 2.45) is 0 Å². The number of nitrogens with zero attached hydrogens (tertiary/aromatic N) is 2. The van der Waals surface area contributed by atoms with E-state index >= 15 is 0 Å². The van der Waals surface area contributed by atoms with Crippen molar-refractivity contribution in [2.75, 3.05) is 0 Å². The normalized spacial score (nSPS) is 21.6. The van der Waals surface area contributed by atoms with Gasteiger partial charge in [0.05, 0.1) is 0 Å². The molecular weight excluding hydrogens is 430 g/mol. The van der Waals surface area contributed by atoms with Gasteiger partial charge >= 0.3 is 0 Å². The number of carbonyl (C=O) groups is 1. The van der Waals surface area contributed by atoms with Crippen LogP contribution in [0.15, 0.2) is 48.7 Å². The van der Waals surface area contributed by atoms with Crippen LogP contribution in [0.1, 0.15) is 113 Å². The van der Waals surface area contributed by atoms with Gasteiger partial charge < -0.3 is 4.90 Å². The summed E-state index contributed by atoms with van der Waals surface area (Å²) < 4.78 is 27.4. The topological polar surface area (TPSA) is 33.2 Å². The summed E-state index contributed by atoms with van der Waals surface area (Å²) in [6, 6.07) is 13.0. The molecule has 1 heterocycles. The summed E-state index contributed by atoms with van der Waals surface area (Å²) in [5.74, 6) is -3.34. The number of hydrogen-bond acceptors (Lipinski definition) is 2. The van der Waals surface area contributed by atoms with E-state index in [1.54, 1.807) is 24.3 Å². The summed E-state index contributed by atoms with van der Waals surface area (Å²) in [5.41, 5.74) is 2.21. The number of aromatic nitrogens is 1. The first-order chi connectivity index (χ1) is 16.2. The van der Waals surface area contributed by atoms with Crippen molar-refractivity contribution in [2.45, 2.75) is 109 Å². The Morgan fingerprint density at radius 3 is 2.26 bits per heavy atom. The first-order valence-corrected chi connectivity index (χ1v) is 12.9. The summed E-state index contributed by atoms with van der Waals surface area (Å²) in [7, 11) is 0. The highest BCUT2D eigenvalue weighted by atomic mass is 19.3. The number of hydrogen-bond donors (Lipinski definition) is 0. The molecule has 0 radical (unpaired) electrons. The second-order valence-electron chi connectivity index (χ2n) is 10.1. The van der Waals surface area contributed by atoms with Crippen molar-refractivity contribution < 1.29 is 13.6 Å². The Labute approximate surface area is 204 Å². The third kappa shape index (κ3) is 7.10. The molecular formula is C29H40F2N2O. The first-order valence-electron chi connectivity index (χ1n) is 12.9. The van der Waals surface area contributed by atoms with Crippen LogP contribution in [-0.4, -0.2) is 33.8 Å². The third-order valence-electron chi connectivity index (χ3n) is 7.22. The van der Waals surface area contributed by atoms with Crippen LogP contribution < -0.4 is 0 Å². The second kappa shape index (κ2) is 11.9. The molecule has 2 fully saturated rings. The van der Waals surface area contributed by atoms with Gasteiger partial charge in [0.2, 0.25) is 0 Å². The van der Waals surface area contributed by atoms with Crippen molar-refractivity contribution in [3.8, 4) is 0 Å². The molecule has 186 valence electrons. The van der Waals surface area contributed by atoms with Gasteiger partial charge in [-0.25, -0.2) is 8.78 Å². The van der Waals surface area contributed by atoms with Crippen LogP contribution in [0.4, 0.5) is 8.78 Å². The number of pyridine rings is 1. The van der Waals surface area contributed by atoms with E-state index < -0.39 is 11.8 Å². The molecule has 0 N–H and O–H groups in total. The van der Waals surface area contributed by atoms with Gasteiger partial charge in [0, 0.05) is 41.4 Å². The first kappa shape index (κ1) is 26.3. The number of amides is 1. The second-order valence-corrected chi connectivity index (χ2v) is 10.1. The van der Waals surface area contributed by atoms with Crippen LogP contribution in [0, 0.1) is 0 Å². The van der Waals surface area contributed by atoms with Gasteiger partial charge in [0.1, 0.15) is 0 Å². The maximum atomic E-state index is 13.7. The van der Waals surface area contributed by atoms with Crippen LogP contribution in [0.5, 0.6) is 0 Å². The van der Waals surface area contributed by atoms with E-state index in [-0.39, 0.29) is 18.0 Å². The van der Waals surface area contributed by atoms with Crippen LogP contribution in [0.3, 0.4) is 0 Å². The zero-order chi connectivity index (χ0) is 24.7.